The van der Waals surface area contributed by atoms with Gasteiger partial charge in [0.2, 0.25) is 0 Å². The molecule has 18 heavy (non-hydrogen) atoms. The summed E-state index contributed by atoms with van der Waals surface area (Å²) in [7, 11) is 0. The molecule has 2 rings (SSSR count). The molecule has 0 radical (unpaired) electrons. The summed E-state index contributed by atoms with van der Waals surface area (Å²) in [6.07, 6.45) is 1.00. The average molecular weight is 311 g/mol. The molecule has 1 saturated heterocycles. The van der Waals surface area contributed by atoms with E-state index in [4.69, 9.17) is 5.73 Å². The molecular weight excluding hydrogens is 292 g/mol. The Bertz CT molecular complexity index is 451. The monoisotopic (exact) mass is 310 g/mol. The lowest BCUT2D eigenvalue weighted by molar-refractivity contribution is 0.0661. The molecule has 98 valence electrons. The number of nitrogens with zero attached hydrogens (tertiary/aromatic N) is 1. The zero-order valence-electron chi connectivity index (χ0n) is 10.8. The van der Waals surface area contributed by atoms with Crippen molar-refractivity contribution in [2.24, 2.45) is 11.7 Å². The Morgan fingerprint density at radius 2 is 2.17 bits per heavy atom. The largest absolute Gasteiger partial charge is 0.337 e. The van der Waals surface area contributed by atoms with Crippen LogP contribution in [0, 0.1) is 12.8 Å². The minimum Gasteiger partial charge on any atom is -0.337 e. The van der Waals surface area contributed by atoms with E-state index in [0.29, 0.717) is 12.5 Å². The van der Waals surface area contributed by atoms with Crippen molar-refractivity contribution >= 4 is 21.8 Å². The summed E-state index contributed by atoms with van der Waals surface area (Å²) in [6, 6.07) is 5.83. The van der Waals surface area contributed by atoms with Crippen LogP contribution in [0.3, 0.4) is 0 Å². The van der Waals surface area contributed by atoms with Crippen molar-refractivity contribution in [3.05, 3.63) is 33.8 Å². The van der Waals surface area contributed by atoms with Gasteiger partial charge in [-0.15, -0.1) is 0 Å². The topological polar surface area (TPSA) is 46.3 Å². The van der Waals surface area contributed by atoms with Gasteiger partial charge in [0.05, 0.1) is 0 Å². The van der Waals surface area contributed by atoms with Crippen LogP contribution in [-0.4, -0.2) is 29.9 Å². The smallest absolute Gasteiger partial charge is 0.253 e. The molecule has 1 aromatic rings. The molecule has 2 N–H and O–H groups in total. The van der Waals surface area contributed by atoms with Gasteiger partial charge >= 0.3 is 0 Å². The molecule has 1 fully saturated rings. The van der Waals surface area contributed by atoms with E-state index in [9.17, 15) is 4.79 Å². The fourth-order valence-corrected chi connectivity index (χ4v) is 2.77. The SMILES string of the molecule is Cc1cc(C(=O)N2CC(C)CC(N)C2)ccc1Br. The third-order valence-corrected chi connectivity index (χ3v) is 4.27. The van der Waals surface area contributed by atoms with E-state index in [0.717, 1.165) is 28.6 Å². The van der Waals surface area contributed by atoms with Gasteiger partial charge in [0.15, 0.2) is 0 Å². The molecule has 1 heterocycles. The highest BCUT2D eigenvalue weighted by Crippen LogP contribution is 2.21. The van der Waals surface area contributed by atoms with E-state index in [1.165, 1.54) is 0 Å². The van der Waals surface area contributed by atoms with Crippen molar-refractivity contribution in [1.29, 1.82) is 0 Å². The number of piperidine rings is 1. The number of amides is 1. The number of hydrogen-bond donors (Lipinski definition) is 1. The standard InChI is InChI=1S/C14H19BrN2O/c1-9-5-12(16)8-17(7-9)14(18)11-3-4-13(15)10(2)6-11/h3-4,6,9,12H,5,7-8,16H2,1-2H3. The van der Waals surface area contributed by atoms with Crippen molar-refractivity contribution in [1.82, 2.24) is 4.90 Å². The molecule has 1 amide bonds. The molecule has 2 unspecified atom stereocenters. The highest BCUT2D eigenvalue weighted by atomic mass is 79.9. The number of benzene rings is 1. The van der Waals surface area contributed by atoms with Crippen molar-refractivity contribution in [2.45, 2.75) is 26.3 Å². The molecule has 4 heteroatoms. The third-order valence-electron chi connectivity index (χ3n) is 3.38. The Morgan fingerprint density at radius 3 is 2.78 bits per heavy atom. The highest BCUT2D eigenvalue weighted by Gasteiger charge is 2.26. The number of carbonyl (C=O) groups is 1. The summed E-state index contributed by atoms with van der Waals surface area (Å²) in [5, 5.41) is 0. The van der Waals surface area contributed by atoms with Crippen molar-refractivity contribution in [3.8, 4) is 0 Å². The zero-order valence-corrected chi connectivity index (χ0v) is 12.4. The predicted octanol–water partition coefficient (Wildman–Crippen LogP) is 2.57. The Morgan fingerprint density at radius 1 is 1.44 bits per heavy atom. The van der Waals surface area contributed by atoms with E-state index in [2.05, 4.69) is 22.9 Å². The van der Waals surface area contributed by atoms with E-state index in [-0.39, 0.29) is 11.9 Å². The van der Waals surface area contributed by atoms with Gasteiger partial charge in [0, 0.05) is 29.2 Å². The second-order valence-electron chi connectivity index (χ2n) is 5.28. The minimum atomic E-state index is 0.0904. The van der Waals surface area contributed by atoms with Crippen LogP contribution in [0.2, 0.25) is 0 Å². The zero-order chi connectivity index (χ0) is 13.3. The van der Waals surface area contributed by atoms with Crippen LogP contribution in [0.15, 0.2) is 22.7 Å². The Labute approximate surface area is 116 Å². The molecule has 3 nitrogen and oxygen atoms in total. The lowest BCUT2D eigenvalue weighted by atomic mass is 9.96. The van der Waals surface area contributed by atoms with Crippen molar-refractivity contribution in [2.75, 3.05) is 13.1 Å². The molecule has 1 aliphatic heterocycles. The van der Waals surface area contributed by atoms with Crippen molar-refractivity contribution < 1.29 is 4.79 Å². The van der Waals surface area contributed by atoms with E-state index in [1.807, 2.05) is 30.0 Å². The molecule has 0 saturated carbocycles. The Hall–Kier alpha value is -0.870. The number of carbonyl (C=O) groups excluding carboxylic acids is 1. The first-order valence-electron chi connectivity index (χ1n) is 6.28. The minimum absolute atomic E-state index is 0.0904. The van der Waals surface area contributed by atoms with E-state index >= 15 is 0 Å². The first-order valence-corrected chi connectivity index (χ1v) is 7.07. The van der Waals surface area contributed by atoms with Gasteiger partial charge in [-0.1, -0.05) is 22.9 Å². The van der Waals surface area contributed by atoms with Crippen LogP contribution in [-0.2, 0) is 0 Å². The first kappa shape index (κ1) is 13.6. The molecule has 0 aromatic heterocycles. The molecular formula is C14H19BrN2O. The second kappa shape index (κ2) is 5.41. The number of aryl methyl sites for hydroxylation is 1. The molecule has 0 bridgehead atoms. The van der Waals surface area contributed by atoms with Crippen LogP contribution in [0.5, 0.6) is 0 Å². The van der Waals surface area contributed by atoms with E-state index < -0.39 is 0 Å². The van der Waals surface area contributed by atoms with Gasteiger partial charge in [-0.3, -0.25) is 4.79 Å². The third kappa shape index (κ3) is 2.93. The quantitative estimate of drug-likeness (QED) is 0.866. The van der Waals surface area contributed by atoms with Gasteiger partial charge in [0.25, 0.3) is 5.91 Å². The van der Waals surface area contributed by atoms with Gasteiger partial charge in [0.1, 0.15) is 0 Å². The maximum Gasteiger partial charge on any atom is 0.253 e. The van der Waals surface area contributed by atoms with Crippen molar-refractivity contribution in [3.63, 3.8) is 0 Å². The molecule has 2 atom stereocenters. The summed E-state index contributed by atoms with van der Waals surface area (Å²) in [6.45, 7) is 5.61. The van der Waals surface area contributed by atoms with Gasteiger partial charge in [-0.2, -0.15) is 0 Å². The molecule has 0 aliphatic carbocycles. The molecule has 0 spiro atoms. The second-order valence-corrected chi connectivity index (χ2v) is 6.13. The number of hydrogen-bond acceptors (Lipinski definition) is 2. The number of nitrogens with two attached hydrogens (primary N) is 1. The van der Waals surface area contributed by atoms with Crippen LogP contribution in [0.4, 0.5) is 0 Å². The fraction of sp³-hybridized carbons (Fsp3) is 0.500. The maximum absolute atomic E-state index is 12.4. The molecule has 1 aromatic carbocycles. The van der Waals surface area contributed by atoms with E-state index in [1.54, 1.807) is 0 Å². The number of halogens is 1. The Kier molecular flexibility index (Phi) is 4.07. The summed E-state index contributed by atoms with van der Waals surface area (Å²) < 4.78 is 1.03. The lowest BCUT2D eigenvalue weighted by Gasteiger charge is -2.34. The number of rotatable bonds is 1. The summed E-state index contributed by atoms with van der Waals surface area (Å²) >= 11 is 3.45. The van der Waals surface area contributed by atoms with Gasteiger partial charge < -0.3 is 10.6 Å². The predicted molar refractivity (Wildman–Crippen MR) is 76.5 cm³/mol. The van der Waals surface area contributed by atoms with Gasteiger partial charge in [-0.25, -0.2) is 0 Å². The van der Waals surface area contributed by atoms with Gasteiger partial charge in [-0.05, 0) is 43.0 Å². The average Bonchev–Trinajstić information content (AvgIpc) is 2.30. The summed E-state index contributed by atoms with van der Waals surface area (Å²) in [5.41, 5.74) is 7.81. The molecule has 1 aliphatic rings. The Balaban J connectivity index is 2.17. The fourth-order valence-electron chi connectivity index (χ4n) is 2.53. The summed E-state index contributed by atoms with van der Waals surface area (Å²) in [5.74, 6) is 0.571. The number of likely N-dealkylation sites (tertiary alicyclic amines) is 1. The summed E-state index contributed by atoms with van der Waals surface area (Å²) in [4.78, 5) is 14.3. The maximum atomic E-state index is 12.4. The van der Waals surface area contributed by atoms with Crippen LogP contribution in [0.25, 0.3) is 0 Å². The van der Waals surface area contributed by atoms with Crippen LogP contribution in [0.1, 0.15) is 29.3 Å². The highest BCUT2D eigenvalue weighted by molar-refractivity contribution is 9.10. The lowest BCUT2D eigenvalue weighted by Crippen LogP contribution is -2.48. The van der Waals surface area contributed by atoms with Crippen LogP contribution >= 0.6 is 15.9 Å². The first-order chi connectivity index (χ1) is 8.47. The van der Waals surface area contributed by atoms with Crippen LogP contribution < -0.4 is 5.73 Å². The normalized spacial score (nSPS) is 24.1.